The quantitative estimate of drug-likeness (QED) is 0.421. The van der Waals surface area contributed by atoms with Crippen LogP contribution in [0.25, 0.3) is 0 Å². The van der Waals surface area contributed by atoms with E-state index < -0.39 is 41.8 Å². The van der Waals surface area contributed by atoms with E-state index in [2.05, 4.69) is 16.2 Å². The highest BCUT2D eigenvalue weighted by molar-refractivity contribution is 6.00. The Hall–Kier alpha value is -2.94. The van der Waals surface area contributed by atoms with Crippen LogP contribution < -0.4 is 16.2 Å². The molecule has 1 saturated carbocycles. The first-order valence-corrected chi connectivity index (χ1v) is 6.72. The van der Waals surface area contributed by atoms with Gasteiger partial charge in [-0.3, -0.25) is 35.3 Å². The molecule has 2 atom stereocenters. The lowest BCUT2D eigenvalue weighted by molar-refractivity contribution is -0.142. The number of carboxylic acid groups (broad SMARTS) is 2. The number of hydrogen-bond acceptors (Lipinski definition) is 5. The van der Waals surface area contributed by atoms with Crippen LogP contribution in [0.5, 0.6) is 0 Å². The molecule has 122 valence electrons. The first kappa shape index (κ1) is 16.4. The molecule has 23 heavy (non-hydrogen) atoms. The zero-order valence-electron chi connectivity index (χ0n) is 11.9. The van der Waals surface area contributed by atoms with Crippen molar-refractivity contribution in [2.75, 3.05) is 6.54 Å². The predicted molar refractivity (Wildman–Crippen MR) is 76.2 cm³/mol. The molecular weight excluding hydrogens is 306 g/mol. The maximum Gasteiger partial charge on any atom is 0.317 e. The van der Waals surface area contributed by atoms with Crippen molar-refractivity contribution >= 4 is 23.8 Å². The van der Waals surface area contributed by atoms with Gasteiger partial charge in [-0.2, -0.15) is 0 Å². The van der Waals surface area contributed by atoms with E-state index >= 15 is 0 Å². The fourth-order valence-electron chi connectivity index (χ4n) is 2.21. The first-order chi connectivity index (χ1) is 10.9. The topological polar surface area (TPSA) is 145 Å². The lowest BCUT2D eigenvalue weighted by Gasteiger charge is -2.17. The van der Waals surface area contributed by atoms with Crippen molar-refractivity contribution in [2.45, 2.75) is 12.0 Å². The van der Waals surface area contributed by atoms with Crippen molar-refractivity contribution in [3.8, 4) is 0 Å². The average Bonchev–Trinajstić information content (AvgIpc) is 3.27. The summed E-state index contributed by atoms with van der Waals surface area (Å²) < 4.78 is 0. The first-order valence-electron chi connectivity index (χ1n) is 6.72. The number of carbonyl (C=O) groups excluding carboxylic acids is 2. The average molecular weight is 321 g/mol. The number of carbonyl (C=O) groups is 4. The molecule has 1 aromatic rings. The molecule has 1 aromatic carbocycles. The predicted octanol–water partition coefficient (Wildman–Crippen LogP) is -1.03. The van der Waals surface area contributed by atoms with Crippen LogP contribution in [-0.2, 0) is 14.4 Å². The molecule has 0 bridgehead atoms. The van der Waals surface area contributed by atoms with Crippen LogP contribution in [0, 0.1) is 5.92 Å². The summed E-state index contributed by atoms with van der Waals surface area (Å²) in [6.07, 6.45) is -0.0529. The van der Waals surface area contributed by atoms with E-state index in [0.717, 1.165) is 0 Å². The number of carboxylic acids is 2. The molecule has 9 heteroatoms. The van der Waals surface area contributed by atoms with E-state index in [4.69, 9.17) is 10.2 Å². The summed E-state index contributed by atoms with van der Waals surface area (Å²) in [4.78, 5) is 45.6. The van der Waals surface area contributed by atoms with Gasteiger partial charge in [-0.15, -0.1) is 0 Å². The van der Waals surface area contributed by atoms with Crippen molar-refractivity contribution in [1.82, 2.24) is 16.2 Å². The molecule has 0 spiro atoms. The van der Waals surface area contributed by atoms with Crippen LogP contribution in [0.2, 0.25) is 0 Å². The third-order valence-corrected chi connectivity index (χ3v) is 3.54. The molecule has 1 fully saturated rings. The van der Waals surface area contributed by atoms with E-state index in [1.807, 2.05) is 0 Å². The number of amides is 2. The fraction of sp³-hybridized carbons (Fsp3) is 0.286. The van der Waals surface area contributed by atoms with Crippen LogP contribution in [0.3, 0.4) is 0 Å². The minimum absolute atomic E-state index is 0.0529. The largest absolute Gasteiger partial charge is 0.481 e. The van der Waals surface area contributed by atoms with Gasteiger partial charge in [0.25, 0.3) is 11.8 Å². The summed E-state index contributed by atoms with van der Waals surface area (Å²) in [6.45, 7) is -0.566. The molecule has 5 N–H and O–H groups in total. The highest BCUT2D eigenvalue weighted by Gasteiger charge is 2.64. The Morgan fingerprint density at radius 2 is 1.74 bits per heavy atom. The maximum absolute atomic E-state index is 12.1. The highest BCUT2D eigenvalue weighted by Crippen LogP contribution is 2.43. The van der Waals surface area contributed by atoms with E-state index in [-0.39, 0.29) is 6.42 Å². The van der Waals surface area contributed by atoms with Gasteiger partial charge in [0.15, 0.2) is 0 Å². The summed E-state index contributed by atoms with van der Waals surface area (Å²) in [6, 6.07) is 8.10. The molecule has 0 saturated heterocycles. The van der Waals surface area contributed by atoms with Gasteiger partial charge < -0.3 is 10.2 Å². The number of rotatable bonds is 6. The van der Waals surface area contributed by atoms with Gasteiger partial charge >= 0.3 is 11.9 Å². The SMILES string of the molecule is O=C(O)CNC1(C(=O)NNC(=O)c2ccccc2)CC1C(=O)O. The molecule has 2 rings (SSSR count). The standard InChI is InChI=1S/C14H15N3O6/c18-10(19)7-15-14(6-9(14)12(21)22)13(23)17-16-11(20)8-4-2-1-3-5-8/h1-5,9,15H,6-7H2,(H,16,20)(H,17,23)(H,18,19)(H,21,22). The molecule has 2 unspecified atom stereocenters. The summed E-state index contributed by atoms with van der Waals surface area (Å²) in [5.74, 6) is -4.85. The van der Waals surface area contributed by atoms with Gasteiger partial charge in [-0.25, -0.2) is 0 Å². The van der Waals surface area contributed by atoms with Crippen molar-refractivity contribution < 1.29 is 29.4 Å². The molecular formula is C14H15N3O6. The summed E-state index contributed by atoms with van der Waals surface area (Å²) in [5.41, 5.74) is 3.09. The number of nitrogens with one attached hydrogen (secondary N) is 3. The van der Waals surface area contributed by atoms with Crippen molar-refractivity contribution in [3.05, 3.63) is 35.9 Å². The van der Waals surface area contributed by atoms with E-state index in [1.54, 1.807) is 18.2 Å². The Kier molecular flexibility index (Phi) is 4.60. The second-order valence-corrected chi connectivity index (χ2v) is 5.09. The number of benzene rings is 1. The molecule has 0 aliphatic heterocycles. The number of hydrogen-bond donors (Lipinski definition) is 5. The van der Waals surface area contributed by atoms with Gasteiger partial charge in [0.05, 0.1) is 12.5 Å². The zero-order valence-corrected chi connectivity index (χ0v) is 11.9. The third-order valence-electron chi connectivity index (χ3n) is 3.54. The van der Waals surface area contributed by atoms with Crippen molar-refractivity contribution in [2.24, 2.45) is 5.92 Å². The smallest absolute Gasteiger partial charge is 0.317 e. The van der Waals surface area contributed by atoms with E-state index in [9.17, 15) is 19.2 Å². The highest BCUT2D eigenvalue weighted by atomic mass is 16.4. The zero-order chi connectivity index (χ0) is 17.0. The minimum atomic E-state index is -1.53. The van der Waals surface area contributed by atoms with Gasteiger partial charge in [-0.1, -0.05) is 18.2 Å². The molecule has 0 radical (unpaired) electrons. The Balaban J connectivity index is 1.98. The Labute approximate surface area is 130 Å². The van der Waals surface area contributed by atoms with Crippen LogP contribution in [-0.4, -0.2) is 46.0 Å². The molecule has 2 amide bonds. The normalized spacial score (nSPS) is 22.0. The minimum Gasteiger partial charge on any atom is -0.481 e. The van der Waals surface area contributed by atoms with Crippen LogP contribution >= 0.6 is 0 Å². The van der Waals surface area contributed by atoms with Crippen LogP contribution in [0.4, 0.5) is 0 Å². The van der Waals surface area contributed by atoms with E-state index in [1.165, 1.54) is 12.1 Å². The summed E-state index contributed by atoms with van der Waals surface area (Å²) in [7, 11) is 0. The van der Waals surface area contributed by atoms with Crippen LogP contribution in [0.1, 0.15) is 16.8 Å². The second kappa shape index (κ2) is 6.44. The number of hydrazine groups is 1. The monoisotopic (exact) mass is 321 g/mol. The Bertz CT molecular complexity index is 647. The lowest BCUT2D eigenvalue weighted by Crippen LogP contribution is -2.55. The van der Waals surface area contributed by atoms with Gasteiger partial charge in [-0.05, 0) is 18.6 Å². The summed E-state index contributed by atoms with van der Waals surface area (Å²) in [5, 5.41) is 20.1. The van der Waals surface area contributed by atoms with Gasteiger partial charge in [0, 0.05) is 5.56 Å². The molecule has 9 nitrogen and oxygen atoms in total. The van der Waals surface area contributed by atoms with E-state index in [0.29, 0.717) is 5.56 Å². The Morgan fingerprint density at radius 3 is 2.26 bits per heavy atom. The molecule has 1 aliphatic rings. The lowest BCUT2D eigenvalue weighted by atomic mass is 10.2. The molecule has 0 aromatic heterocycles. The van der Waals surface area contributed by atoms with Gasteiger partial charge in [0.2, 0.25) is 0 Å². The number of aliphatic carboxylic acids is 2. The van der Waals surface area contributed by atoms with Crippen molar-refractivity contribution in [1.29, 1.82) is 0 Å². The maximum atomic E-state index is 12.1. The summed E-state index contributed by atoms with van der Waals surface area (Å²) >= 11 is 0. The molecule has 0 heterocycles. The van der Waals surface area contributed by atoms with Crippen molar-refractivity contribution in [3.63, 3.8) is 0 Å². The molecule has 1 aliphatic carbocycles. The van der Waals surface area contributed by atoms with Gasteiger partial charge in [0.1, 0.15) is 5.54 Å². The Morgan fingerprint density at radius 1 is 1.09 bits per heavy atom. The van der Waals surface area contributed by atoms with Crippen LogP contribution in [0.15, 0.2) is 30.3 Å². The second-order valence-electron chi connectivity index (χ2n) is 5.09. The third kappa shape index (κ3) is 3.64. The fourth-order valence-corrected chi connectivity index (χ4v) is 2.21.